The summed E-state index contributed by atoms with van der Waals surface area (Å²) in [6.07, 6.45) is 0.546. The van der Waals surface area contributed by atoms with E-state index in [0.29, 0.717) is 25.5 Å². The summed E-state index contributed by atoms with van der Waals surface area (Å²) in [5, 5.41) is 3.31. The van der Waals surface area contributed by atoms with Gasteiger partial charge in [0, 0.05) is 0 Å². The van der Waals surface area contributed by atoms with Gasteiger partial charge in [0.25, 0.3) is 0 Å². The molecule has 0 aromatic heterocycles. The van der Waals surface area contributed by atoms with Crippen LogP contribution in [0.5, 0.6) is 0 Å². The van der Waals surface area contributed by atoms with E-state index < -0.39 is 5.54 Å². The third-order valence-electron chi connectivity index (χ3n) is 3.30. The Morgan fingerprint density at radius 2 is 1.90 bits per heavy atom. The molecule has 0 saturated carbocycles. The maximum absolute atomic E-state index is 13.1. The van der Waals surface area contributed by atoms with Crippen LogP contribution in [0.4, 0.5) is 4.39 Å². The zero-order valence-corrected chi connectivity index (χ0v) is 12.7. The van der Waals surface area contributed by atoms with Crippen molar-refractivity contribution in [2.75, 3.05) is 13.2 Å². The molecule has 0 heterocycles. The SMILES string of the molecule is CCOC(=O)C(CC)(NCC(C)C)c1ccc(F)cc1. The minimum Gasteiger partial charge on any atom is -0.464 e. The molecule has 1 aromatic rings. The molecule has 1 rings (SSSR count). The monoisotopic (exact) mass is 281 g/mol. The van der Waals surface area contributed by atoms with Crippen LogP contribution < -0.4 is 5.32 Å². The molecule has 0 aliphatic carbocycles. The summed E-state index contributed by atoms with van der Waals surface area (Å²) in [6.45, 7) is 8.86. The van der Waals surface area contributed by atoms with Gasteiger partial charge in [0.2, 0.25) is 0 Å². The summed E-state index contributed by atoms with van der Waals surface area (Å²) < 4.78 is 18.3. The van der Waals surface area contributed by atoms with Gasteiger partial charge in [0.15, 0.2) is 0 Å². The largest absolute Gasteiger partial charge is 0.464 e. The molecule has 112 valence electrons. The minimum atomic E-state index is -0.909. The molecule has 20 heavy (non-hydrogen) atoms. The van der Waals surface area contributed by atoms with Gasteiger partial charge < -0.3 is 4.74 Å². The fraction of sp³-hybridized carbons (Fsp3) is 0.562. The number of ether oxygens (including phenoxy) is 1. The number of esters is 1. The van der Waals surface area contributed by atoms with Gasteiger partial charge in [-0.25, -0.2) is 9.18 Å². The molecular formula is C16H24FNO2. The molecule has 0 fully saturated rings. The number of rotatable bonds is 7. The maximum atomic E-state index is 13.1. The molecule has 0 saturated heterocycles. The zero-order valence-electron chi connectivity index (χ0n) is 12.7. The Kier molecular flexibility index (Phi) is 6.14. The molecule has 0 aliphatic rings. The van der Waals surface area contributed by atoms with E-state index in [-0.39, 0.29) is 11.8 Å². The average Bonchev–Trinajstić information content (AvgIpc) is 2.41. The van der Waals surface area contributed by atoms with Crippen molar-refractivity contribution < 1.29 is 13.9 Å². The summed E-state index contributed by atoms with van der Waals surface area (Å²) in [6, 6.07) is 6.03. The zero-order chi connectivity index (χ0) is 15.2. The highest BCUT2D eigenvalue weighted by Crippen LogP contribution is 2.27. The van der Waals surface area contributed by atoms with Crippen molar-refractivity contribution in [2.45, 2.75) is 39.7 Å². The average molecular weight is 281 g/mol. The van der Waals surface area contributed by atoms with E-state index in [1.807, 2.05) is 6.92 Å². The molecule has 1 N–H and O–H groups in total. The number of nitrogens with one attached hydrogen (secondary N) is 1. The third kappa shape index (κ3) is 3.79. The van der Waals surface area contributed by atoms with Crippen LogP contribution in [0.1, 0.15) is 39.7 Å². The molecule has 3 nitrogen and oxygen atoms in total. The second kappa shape index (κ2) is 7.39. The number of carbonyl (C=O) groups excluding carboxylic acids is 1. The summed E-state index contributed by atoms with van der Waals surface area (Å²) >= 11 is 0. The fourth-order valence-electron chi connectivity index (χ4n) is 2.13. The predicted octanol–water partition coefficient (Wildman–Crippen LogP) is 3.24. The minimum absolute atomic E-state index is 0.310. The van der Waals surface area contributed by atoms with Crippen LogP contribution in [-0.2, 0) is 15.1 Å². The predicted molar refractivity (Wildman–Crippen MR) is 77.8 cm³/mol. The molecule has 0 bridgehead atoms. The molecule has 0 aliphatic heterocycles. The second-order valence-corrected chi connectivity index (χ2v) is 5.26. The highest BCUT2D eigenvalue weighted by molar-refractivity contribution is 5.82. The van der Waals surface area contributed by atoms with Gasteiger partial charge >= 0.3 is 5.97 Å². The first kappa shape index (κ1) is 16.6. The van der Waals surface area contributed by atoms with Crippen molar-refractivity contribution in [1.29, 1.82) is 0 Å². The number of benzene rings is 1. The third-order valence-corrected chi connectivity index (χ3v) is 3.30. The second-order valence-electron chi connectivity index (χ2n) is 5.26. The lowest BCUT2D eigenvalue weighted by molar-refractivity contribution is -0.152. The Balaban J connectivity index is 3.15. The van der Waals surface area contributed by atoms with Crippen LogP contribution in [0.2, 0.25) is 0 Å². The Hall–Kier alpha value is -1.42. The Labute approximate surface area is 120 Å². The lowest BCUT2D eigenvalue weighted by Gasteiger charge is -2.33. The Morgan fingerprint density at radius 1 is 1.30 bits per heavy atom. The molecule has 0 amide bonds. The van der Waals surface area contributed by atoms with Gasteiger partial charge in [-0.05, 0) is 43.5 Å². The van der Waals surface area contributed by atoms with E-state index in [1.165, 1.54) is 12.1 Å². The standard InChI is InChI=1S/C16H24FNO2/c1-5-16(15(19)20-6-2,18-11-12(3)4)13-7-9-14(17)10-8-13/h7-10,12,18H,5-6,11H2,1-4H3. The molecule has 1 unspecified atom stereocenters. The van der Waals surface area contributed by atoms with Crippen LogP contribution in [-0.4, -0.2) is 19.1 Å². The summed E-state index contributed by atoms with van der Waals surface area (Å²) in [4.78, 5) is 12.4. The number of halogens is 1. The quantitative estimate of drug-likeness (QED) is 0.780. The molecule has 1 atom stereocenters. The Bertz CT molecular complexity index is 431. The van der Waals surface area contributed by atoms with Crippen LogP contribution in [0.25, 0.3) is 0 Å². The first-order chi connectivity index (χ1) is 9.46. The summed E-state index contributed by atoms with van der Waals surface area (Å²) in [7, 11) is 0. The van der Waals surface area contributed by atoms with E-state index in [1.54, 1.807) is 19.1 Å². The van der Waals surface area contributed by atoms with Crippen LogP contribution in [0.3, 0.4) is 0 Å². The molecule has 1 aromatic carbocycles. The molecular weight excluding hydrogens is 257 g/mol. The maximum Gasteiger partial charge on any atom is 0.330 e. The molecule has 0 radical (unpaired) electrons. The summed E-state index contributed by atoms with van der Waals surface area (Å²) in [5.74, 6) is -0.225. The number of hydrogen-bond acceptors (Lipinski definition) is 3. The number of carbonyl (C=O) groups is 1. The summed E-state index contributed by atoms with van der Waals surface area (Å²) in [5.41, 5.74) is -0.172. The van der Waals surface area contributed by atoms with Crippen molar-refractivity contribution in [1.82, 2.24) is 5.32 Å². The van der Waals surface area contributed by atoms with Crippen LogP contribution in [0, 0.1) is 11.7 Å². The number of hydrogen-bond donors (Lipinski definition) is 1. The van der Waals surface area contributed by atoms with E-state index in [4.69, 9.17) is 4.74 Å². The van der Waals surface area contributed by atoms with Crippen molar-refractivity contribution in [2.24, 2.45) is 5.92 Å². The fourth-order valence-corrected chi connectivity index (χ4v) is 2.13. The normalized spacial score (nSPS) is 14.1. The van der Waals surface area contributed by atoms with Gasteiger partial charge in [-0.2, -0.15) is 0 Å². The lowest BCUT2D eigenvalue weighted by Crippen LogP contribution is -2.51. The van der Waals surface area contributed by atoms with Gasteiger partial charge in [-0.1, -0.05) is 32.9 Å². The first-order valence-corrected chi connectivity index (χ1v) is 7.14. The van der Waals surface area contributed by atoms with E-state index in [2.05, 4.69) is 19.2 Å². The van der Waals surface area contributed by atoms with Crippen LogP contribution in [0.15, 0.2) is 24.3 Å². The van der Waals surface area contributed by atoms with Crippen molar-refractivity contribution in [3.05, 3.63) is 35.6 Å². The van der Waals surface area contributed by atoms with Gasteiger partial charge in [-0.3, -0.25) is 5.32 Å². The topological polar surface area (TPSA) is 38.3 Å². The smallest absolute Gasteiger partial charge is 0.330 e. The van der Waals surface area contributed by atoms with Gasteiger partial charge in [-0.15, -0.1) is 0 Å². The van der Waals surface area contributed by atoms with Crippen LogP contribution >= 0.6 is 0 Å². The van der Waals surface area contributed by atoms with Crippen molar-refractivity contribution in [3.8, 4) is 0 Å². The Morgan fingerprint density at radius 3 is 2.35 bits per heavy atom. The first-order valence-electron chi connectivity index (χ1n) is 7.14. The van der Waals surface area contributed by atoms with E-state index >= 15 is 0 Å². The molecule has 4 heteroatoms. The molecule has 0 spiro atoms. The van der Waals surface area contributed by atoms with E-state index in [0.717, 1.165) is 5.56 Å². The highest BCUT2D eigenvalue weighted by Gasteiger charge is 2.39. The van der Waals surface area contributed by atoms with Gasteiger partial charge in [0.05, 0.1) is 6.61 Å². The van der Waals surface area contributed by atoms with Gasteiger partial charge in [0.1, 0.15) is 11.4 Å². The lowest BCUT2D eigenvalue weighted by atomic mass is 9.86. The van der Waals surface area contributed by atoms with Crippen molar-refractivity contribution >= 4 is 5.97 Å². The van der Waals surface area contributed by atoms with E-state index in [9.17, 15) is 9.18 Å². The highest BCUT2D eigenvalue weighted by atomic mass is 19.1. The van der Waals surface area contributed by atoms with Crippen molar-refractivity contribution in [3.63, 3.8) is 0 Å².